The number of nitrogens with two attached hydrogens (primary N) is 1. The van der Waals surface area contributed by atoms with Crippen molar-refractivity contribution in [1.29, 1.82) is 0 Å². The Morgan fingerprint density at radius 3 is 2.44 bits per heavy atom. The Bertz CT molecular complexity index is 1290. The molecule has 0 unspecified atom stereocenters. The van der Waals surface area contributed by atoms with Gasteiger partial charge >= 0.3 is 0 Å². The highest BCUT2D eigenvalue weighted by Gasteiger charge is 2.17. The number of aryl methyl sites for hydroxylation is 2. The van der Waals surface area contributed by atoms with E-state index in [1.165, 1.54) is 22.0 Å². The van der Waals surface area contributed by atoms with Crippen LogP contribution in [-0.2, 0) is 4.79 Å². The van der Waals surface area contributed by atoms with Crippen molar-refractivity contribution in [3.05, 3.63) is 65.5 Å². The van der Waals surface area contributed by atoms with Crippen molar-refractivity contribution >= 4 is 23.4 Å². The van der Waals surface area contributed by atoms with Crippen LogP contribution < -0.4 is 15.9 Å². The van der Waals surface area contributed by atoms with Gasteiger partial charge in [-0.1, -0.05) is 29.5 Å². The van der Waals surface area contributed by atoms with Crippen LogP contribution in [0.3, 0.4) is 0 Å². The first-order chi connectivity index (χ1) is 16.4. The fourth-order valence-corrected chi connectivity index (χ4v) is 4.16. The zero-order valence-electron chi connectivity index (χ0n) is 19.6. The molecule has 0 saturated carbocycles. The zero-order chi connectivity index (χ0) is 24.2. The van der Waals surface area contributed by atoms with Crippen LogP contribution in [0.5, 0.6) is 5.75 Å². The minimum absolute atomic E-state index is 0.132. The molecule has 1 amide bonds. The lowest BCUT2D eigenvalue weighted by Gasteiger charge is -2.08. The predicted molar refractivity (Wildman–Crippen MR) is 134 cm³/mol. The third-order valence-corrected chi connectivity index (χ3v) is 6.20. The molecule has 0 atom stereocenters. The molecule has 10 heteroatoms. The molecule has 2 aromatic carbocycles. The van der Waals surface area contributed by atoms with Gasteiger partial charge in [0.15, 0.2) is 5.82 Å². The molecule has 0 bridgehead atoms. The van der Waals surface area contributed by atoms with Gasteiger partial charge in [-0.25, -0.2) is 9.36 Å². The molecule has 176 valence electrons. The van der Waals surface area contributed by atoms with Crippen molar-refractivity contribution in [2.24, 2.45) is 0 Å². The molecule has 0 spiro atoms. The molecule has 0 aliphatic rings. The molecule has 34 heavy (non-hydrogen) atoms. The van der Waals surface area contributed by atoms with Crippen LogP contribution in [0.15, 0.2) is 53.7 Å². The molecule has 4 rings (SSSR count). The van der Waals surface area contributed by atoms with Gasteiger partial charge in [0.25, 0.3) is 0 Å². The third kappa shape index (κ3) is 4.91. The molecule has 3 N–H and O–H groups in total. The van der Waals surface area contributed by atoms with Crippen molar-refractivity contribution in [2.45, 2.75) is 32.9 Å². The molecule has 9 nitrogen and oxygen atoms in total. The summed E-state index contributed by atoms with van der Waals surface area (Å²) in [5, 5.41) is 16.3. The van der Waals surface area contributed by atoms with Gasteiger partial charge in [-0.2, -0.15) is 5.10 Å². The number of nitrogens with zero attached hydrogens (tertiary/aromatic N) is 5. The van der Waals surface area contributed by atoms with Crippen LogP contribution in [0.2, 0.25) is 0 Å². The molecule has 2 heterocycles. The fourth-order valence-electron chi connectivity index (χ4n) is 3.51. The van der Waals surface area contributed by atoms with Crippen molar-refractivity contribution in [2.75, 3.05) is 23.5 Å². The van der Waals surface area contributed by atoms with Gasteiger partial charge in [0, 0.05) is 5.56 Å². The topological polar surface area (TPSA) is 113 Å². The maximum absolute atomic E-state index is 12.7. The Kier molecular flexibility index (Phi) is 6.87. The normalized spacial score (nSPS) is 10.9. The van der Waals surface area contributed by atoms with Gasteiger partial charge < -0.3 is 15.9 Å². The summed E-state index contributed by atoms with van der Waals surface area (Å²) in [5.74, 6) is 7.43. The van der Waals surface area contributed by atoms with E-state index in [9.17, 15) is 4.79 Å². The lowest BCUT2D eigenvalue weighted by Crippen LogP contribution is -2.17. The maximum atomic E-state index is 12.7. The van der Waals surface area contributed by atoms with E-state index in [1.54, 1.807) is 0 Å². The molecule has 4 aromatic rings. The molecule has 0 saturated heterocycles. The smallest absolute Gasteiger partial charge is 0.234 e. The number of amides is 1. The first-order valence-corrected chi connectivity index (χ1v) is 11.9. The molecule has 0 fully saturated rings. The number of ether oxygens (including phenoxy) is 1. The van der Waals surface area contributed by atoms with E-state index in [0.717, 1.165) is 28.4 Å². The number of thioether (sulfide) groups is 1. The fraction of sp³-hybridized carbons (Fsp3) is 0.250. The number of nitrogens with one attached hydrogen (secondary N) is 1. The summed E-state index contributed by atoms with van der Waals surface area (Å²) in [6.07, 6.45) is 0. The Hall–Kier alpha value is -3.79. The third-order valence-electron chi connectivity index (χ3n) is 5.25. The number of nitrogen functional groups attached to an aromatic ring is 1. The molecule has 0 radical (unpaired) electrons. The second kappa shape index (κ2) is 10.0. The summed E-state index contributed by atoms with van der Waals surface area (Å²) >= 11 is 1.22. The number of carbonyl (C=O) groups excluding carboxylic acids is 1. The van der Waals surface area contributed by atoms with Crippen LogP contribution in [-0.4, -0.2) is 42.9 Å². The Morgan fingerprint density at radius 1 is 1.06 bits per heavy atom. The van der Waals surface area contributed by atoms with Gasteiger partial charge in [0.1, 0.15) is 5.75 Å². The SMILES string of the molecule is CCOc1ccc(-c2nnc(SCC(=O)Nc3c(C)nn(-c4ccc(C)cc4)c3C)n2N)cc1. The number of hydrogen-bond donors (Lipinski definition) is 2. The van der Waals surface area contributed by atoms with Crippen LogP contribution in [0.1, 0.15) is 23.9 Å². The first-order valence-electron chi connectivity index (χ1n) is 10.9. The highest BCUT2D eigenvalue weighted by molar-refractivity contribution is 7.99. The summed E-state index contributed by atoms with van der Waals surface area (Å²) < 4.78 is 8.68. The Labute approximate surface area is 202 Å². The van der Waals surface area contributed by atoms with E-state index in [1.807, 2.05) is 80.9 Å². The number of aromatic nitrogens is 5. The van der Waals surface area contributed by atoms with Gasteiger partial charge in [-0.3, -0.25) is 4.79 Å². The quantitative estimate of drug-likeness (QED) is 0.292. The monoisotopic (exact) mass is 477 g/mol. The van der Waals surface area contributed by atoms with Crippen molar-refractivity contribution in [1.82, 2.24) is 24.7 Å². The van der Waals surface area contributed by atoms with Crippen LogP contribution in [0.25, 0.3) is 17.1 Å². The molecule has 0 aliphatic carbocycles. The highest BCUT2D eigenvalue weighted by Crippen LogP contribution is 2.26. The summed E-state index contributed by atoms with van der Waals surface area (Å²) in [6.45, 7) is 8.38. The summed E-state index contributed by atoms with van der Waals surface area (Å²) in [7, 11) is 0. The molecule has 0 aliphatic heterocycles. The summed E-state index contributed by atoms with van der Waals surface area (Å²) in [6, 6.07) is 15.5. The lowest BCUT2D eigenvalue weighted by molar-refractivity contribution is -0.113. The minimum atomic E-state index is -0.176. The number of hydrogen-bond acceptors (Lipinski definition) is 7. The number of rotatable bonds is 8. The Morgan fingerprint density at radius 2 is 1.76 bits per heavy atom. The highest BCUT2D eigenvalue weighted by atomic mass is 32.2. The maximum Gasteiger partial charge on any atom is 0.234 e. The average molecular weight is 478 g/mol. The van der Waals surface area contributed by atoms with E-state index >= 15 is 0 Å². The van der Waals surface area contributed by atoms with E-state index in [4.69, 9.17) is 10.6 Å². The summed E-state index contributed by atoms with van der Waals surface area (Å²) in [5.41, 5.74) is 5.24. The van der Waals surface area contributed by atoms with Gasteiger partial charge in [-0.05, 0) is 64.1 Å². The van der Waals surface area contributed by atoms with Gasteiger partial charge in [0.2, 0.25) is 11.1 Å². The van der Waals surface area contributed by atoms with Gasteiger partial charge in [-0.15, -0.1) is 10.2 Å². The first kappa shape index (κ1) is 23.4. The van der Waals surface area contributed by atoms with E-state index < -0.39 is 0 Å². The van der Waals surface area contributed by atoms with E-state index in [0.29, 0.717) is 23.3 Å². The Balaban J connectivity index is 1.42. The zero-order valence-corrected chi connectivity index (χ0v) is 20.4. The summed E-state index contributed by atoms with van der Waals surface area (Å²) in [4.78, 5) is 12.7. The van der Waals surface area contributed by atoms with Gasteiger partial charge in [0.05, 0.1) is 35.1 Å². The van der Waals surface area contributed by atoms with Crippen LogP contribution >= 0.6 is 11.8 Å². The van der Waals surface area contributed by atoms with Crippen LogP contribution in [0, 0.1) is 20.8 Å². The largest absolute Gasteiger partial charge is 0.494 e. The minimum Gasteiger partial charge on any atom is -0.494 e. The molecule has 2 aromatic heterocycles. The number of benzene rings is 2. The number of anilines is 1. The van der Waals surface area contributed by atoms with E-state index in [2.05, 4.69) is 20.6 Å². The second-order valence-electron chi connectivity index (χ2n) is 7.76. The number of carbonyl (C=O) groups is 1. The standard InChI is InChI=1S/C24H27N7O2S/c1-5-33-20-12-8-18(9-13-20)23-27-28-24(30(23)25)34-14-21(32)26-22-16(3)29-31(17(22)4)19-10-6-15(2)7-11-19/h6-13H,5,14,25H2,1-4H3,(H,26,32). The molecular formula is C24H27N7O2S. The lowest BCUT2D eigenvalue weighted by atomic mass is 10.2. The average Bonchev–Trinajstić information content (AvgIpc) is 3.33. The molecular weight excluding hydrogens is 450 g/mol. The predicted octanol–water partition coefficient (Wildman–Crippen LogP) is 3.90. The van der Waals surface area contributed by atoms with Crippen molar-refractivity contribution in [3.63, 3.8) is 0 Å². The van der Waals surface area contributed by atoms with Crippen molar-refractivity contribution < 1.29 is 9.53 Å². The van der Waals surface area contributed by atoms with Crippen molar-refractivity contribution in [3.8, 4) is 22.8 Å². The second-order valence-corrected chi connectivity index (χ2v) is 8.71. The van der Waals surface area contributed by atoms with E-state index in [-0.39, 0.29) is 11.7 Å². The van der Waals surface area contributed by atoms with Crippen LogP contribution in [0.4, 0.5) is 5.69 Å².